The van der Waals surface area contributed by atoms with Crippen LogP contribution in [0, 0.1) is 17.3 Å². The van der Waals surface area contributed by atoms with Crippen LogP contribution in [0.5, 0.6) is 0 Å². The summed E-state index contributed by atoms with van der Waals surface area (Å²) in [5.41, 5.74) is -0.444. The van der Waals surface area contributed by atoms with Crippen LogP contribution in [0.4, 0.5) is 0 Å². The molecular weight excluding hydrogens is 348 g/mol. The van der Waals surface area contributed by atoms with E-state index in [1.54, 1.807) is 0 Å². The van der Waals surface area contributed by atoms with Crippen molar-refractivity contribution in [3.05, 3.63) is 0 Å². The van der Waals surface area contributed by atoms with Gasteiger partial charge in [-0.2, -0.15) is 0 Å². The van der Waals surface area contributed by atoms with Crippen molar-refractivity contribution >= 4 is 5.97 Å². The van der Waals surface area contributed by atoms with Crippen molar-refractivity contribution in [2.45, 2.75) is 96.6 Å². The van der Waals surface area contributed by atoms with E-state index < -0.39 is 5.41 Å². The Bertz CT molecular complexity index is 523. The highest BCUT2D eigenvalue weighted by molar-refractivity contribution is 5.76. The van der Waals surface area contributed by atoms with Crippen LogP contribution in [0.3, 0.4) is 0 Å². The molecule has 6 heteroatoms. The van der Waals surface area contributed by atoms with E-state index in [4.69, 9.17) is 23.7 Å². The van der Waals surface area contributed by atoms with Crippen LogP contribution in [0.25, 0.3) is 0 Å². The molecule has 0 N–H and O–H groups in total. The quantitative estimate of drug-likeness (QED) is 0.629. The Balaban J connectivity index is 1.43. The molecule has 2 saturated heterocycles. The summed E-state index contributed by atoms with van der Waals surface area (Å²) >= 11 is 0. The summed E-state index contributed by atoms with van der Waals surface area (Å²) in [7, 11) is 0. The molecule has 0 aromatic heterocycles. The third kappa shape index (κ3) is 4.04. The molecule has 6 nitrogen and oxygen atoms in total. The maximum atomic E-state index is 12.6. The van der Waals surface area contributed by atoms with Gasteiger partial charge in [-0.1, -0.05) is 6.92 Å². The normalized spacial score (nSPS) is 41.4. The van der Waals surface area contributed by atoms with E-state index in [-0.39, 0.29) is 42.8 Å². The molecule has 2 bridgehead atoms. The molecule has 4 rings (SSSR count). The van der Waals surface area contributed by atoms with Gasteiger partial charge in [0.25, 0.3) is 0 Å². The predicted molar refractivity (Wildman–Crippen MR) is 97.9 cm³/mol. The lowest BCUT2D eigenvalue weighted by molar-refractivity contribution is -0.238. The summed E-state index contributed by atoms with van der Waals surface area (Å²) in [6.45, 7) is 7.45. The molecule has 4 aliphatic rings. The average molecular weight is 382 g/mol. The highest BCUT2D eigenvalue weighted by atomic mass is 16.7. The Labute approximate surface area is 162 Å². The van der Waals surface area contributed by atoms with Gasteiger partial charge in [-0.25, -0.2) is 0 Å². The lowest BCUT2D eigenvalue weighted by Crippen LogP contribution is -2.47. The second kappa shape index (κ2) is 7.97. The predicted octanol–water partition coefficient (Wildman–Crippen LogP) is 3.42. The molecule has 2 saturated carbocycles. The number of ether oxygens (including phenoxy) is 5. The summed E-state index contributed by atoms with van der Waals surface area (Å²) in [6.07, 6.45) is 6.14. The monoisotopic (exact) mass is 382 g/mol. The Hall–Kier alpha value is -0.690. The molecule has 27 heavy (non-hydrogen) atoms. The zero-order chi connectivity index (χ0) is 19.0. The Morgan fingerprint density at radius 3 is 2.19 bits per heavy atom. The van der Waals surface area contributed by atoms with Gasteiger partial charge < -0.3 is 23.7 Å². The van der Waals surface area contributed by atoms with Crippen LogP contribution in [0.1, 0.15) is 65.7 Å². The first-order valence-corrected chi connectivity index (χ1v) is 10.7. The second-order valence-electron chi connectivity index (χ2n) is 9.16. The molecule has 0 radical (unpaired) electrons. The van der Waals surface area contributed by atoms with E-state index in [9.17, 15) is 4.79 Å². The lowest BCUT2D eigenvalue weighted by atomic mass is 9.89. The van der Waals surface area contributed by atoms with Gasteiger partial charge in [-0.05, 0) is 51.9 Å². The number of carbonyl (C=O) groups is 1. The maximum absolute atomic E-state index is 12.6. The standard InChI is InChI=1S/C21H34O6/c1-4-21(2,3)20(22)25-15-12-13-11-14(15)19(27-17-8-6-10-24-17)18(13)26-16-7-5-9-23-16/h13-19H,4-12H2,1-3H3. The molecule has 7 unspecified atom stereocenters. The molecular formula is C21H34O6. The maximum Gasteiger partial charge on any atom is 0.311 e. The number of hydrogen-bond acceptors (Lipinski definition) is 6. The van der Waals surface area contributed by atoms with Gasteiger partial charge in [-0.3, -0.25) is 4.79 Å². The zero-order valence-electron chi connectivity index (χ0n) is 16.9. The lowest BCUT2D eigenvalue weighted by Gasteiger charge is -2.38. The van der Waals surface area contributed by atoms with Gasteiger partial charge in [-0.15, -0.1) is 0 Å². The molecule has 0 aromatic rings. The van der Waals surface area contributed by atoms with Gasteiger partial charge >= 0.3 is 5.97 Å². The molecule has 0 amide bonds. The van der Waals surface area contributed by atoms with Crippen molar-refractivity contribution in [2.24, 2.45) is 17.3 Å². The fourth-order valence-electron chi connectivity index (χ4n) is 4.80. The van der Waals surface area contributed by atoms with Gasteiger partial charge in [0, 0.05) is 32.0 Å². The van der Waals surface area contributed by atoms with Crippen molar-refractivity contribution < 1.29 is 28.5 Å². The Morgan fingerprint density at radius 2 is 1.63 bits per heavy atom. The number of rotatable bonds is 7. The smallest absolute Gasteiger partial charge is 0.311 e. The summed E-state index contributed by atoms with van der Waals surface area (Å²) in [4.78, 5) is 12.6. The Kier molecular flexibility index (Phi) is 5.79. The molecule has 2 aliphatic carbocycles. The first kappa shape index (κ1) is 19.6. The molecule has 154 valence electrons. The number of hydrogen-bond donors (Lipinski definition) is 0. The third-order valence-electron chi connectivity index (χ3n) is 6.89. The van der Waals surface area contributed by atoms with E-state index in [0.717, 1.165) is 58.2 Å². The summed E-state index contributed by atoms with van der Waals surface area (Å²) in [5.74, 6) is 0.436. The van der Waals surface area contributed by atoms with Crippen LogP contribution in [0.15, 0.2) is 0 Å². The number of carbonyl (C=O) groups excluding carboxylic acids is 1. The largest absolute Gasteiger partial charge is 0.462 e. The fourth-order valence-corrected chi connectivity index (χ4v) is 4.80. The molecule has 0 spiro atoms. The van der Waals surface area contributed by atoms with Crippen molar-refractivity contribution in [3.8, 4) is 0 Å². The summed E-state index contributed by atoms with van der Waals surface area (Å²) in [5, 5.41) is 0. The van der Waals surface area contributed by atoms with Crippen molar-refractivity contribution in [3.63, 3.8) is 0 Å². The van der Waals surface area contributed by atoms with E-state index in [1.807, 2.05) is 20.8 Å². The van der Waals surface area contributed by atoms with Crippen molar-refractivity contribution in [2.75, 3.05) is 13.2 Å². The Morgan fingerprint density at radius 1 is 1.00 bits per heavy atom. The minimum atomic E-state index is -0.444. The van der Waals surface area contributed by atoms with Gasteiger partial charge in [0.15, 0.2) is 12.6 Å². The minimum absolute atomic E-state index is 0.0106. The highest BCUT2D eigenvalue weighted by Gasteiger charge is 2.57. The van der Waals surface area contributed by atoms with Gasteiger partial charge in [0.05, 0.1) is 17.6 Å². The van der Waals surface area contributed by atoms with Gasteiger partial charge in [0.2, 0.25) is 0 Å². The highest BCUT2D eigenvalue weighted by Crippen LogP contribution is 2.50. The molecule has 7 atom stereocenters. The zero-order valence-corrected chi connectivity index (χ0v) is 16.9. The van der Waals surface area contributed by atoms with Crippen LogP contribution >= 0.6 is 0 Å². The van der Waals surface area contributed by atoms with Gasteiger partial charge in [0.1, 0.15) is 6.10 Å². The molecule has 4 fully saturated rings. The SMILES string of the molecule is CCC(C)(C)C(=O)OC1CC2CC1C(OC1CCCO1)C2OC1CCCO1. The average Bonchev–Trinajstić information content (AvgIpc) is 3.42. The van der Waals surface area contributed by atoms with E-state index in [1.165, 1.54) is 0 Å². The number of fused-ring (bicyclic) bond motifs is 2. The first-order valence-electron chi connectivity index (χ1n) is 10.7. The van der Waals surface area contributed by atoms with Crippen LogP contribution < -0.4 is 0 Å². The van der Waals surface area contributed by atoms with Crippen LogP contribution in [0.2, 0.25) is 0 Å². The van der Waals surface area contributed by atoms with Crippen molar-refractivity contribution in [1.82, 2.24) is 0 Å². The molecule has 2 aliphatic heterocycles. The summed E-state index contributed by atoms with van der Waals surface area (Å²) in [6, 6.07) is 0. The minimum Gasteiger partial charge on any atom is -0.462 e. The number of esters is 1. The van der Waals surface area contributed by atoms with Crippen LogP contribution in [-0.4, -0.2) is 50.1 Å². The summed E-state index contributed by atoms with van der Waals surface area (Å²) < 4.78 is 30.1. The van der Waals surface area contributed by atoms with Crippen molar-refractivity contribution in [1.29, 1.82) is 0 Å². The van der Waals surface area contributed by atoms with E-state index in [2.05, 4.69) is 0 Å². The first-order chi connectivity index (χ1) is 13.0. The second-order valence-corrected chi connectivity index (χ2v) is 9.16. The van der Waals surface area contributed by atoms with E-state index >= 15 is 0 Å². The fraction of sp³-hybridized carbons (Fsp3) is 0.952. The van der Waals surface area contributed by atoms with Crippen LogP contribution in [-0.2, 0) is 28.5 Å². The third-order valence-corrected chi connectivity index (χ3v) is 6.89. The topological polar surface area (TPSA) is 63.2 Å². The van der Waals surface area contributed by atoms with E-state index in [0.29, 0.717) is 5.92 Å². The molecule has 0 aromatic carbocycles. The molecule has 2 heterocycles.